The van der Waals surface area contributed by atoms with Crippen LogP contribution in [0.4, 0.5) is 0 Å². The molecular formula is C17H24N2O2. The Morgan fingerprint density at radius 1 is 1.24 bits per heavy atom. The first-order valence-corrected chi connectivity index (χ1v) is 8.01. The molecule has 114 valence electrons. The van der Waals surface area contributed by atoms with Gasteiger partial charge >= 0.3 is 0 Å². The van der Waals surface area contributed by atoms with Crippen LogP contribution in [0.25, 0.3) is 0 Å². The molecule has 1 atom stereocenters. The number of carbonyl (C=O) groups excluding carboxylic acids is 1. The van der Waals surface area contributed by atoms with Crippen molar-refractivity contribution < 1.29 is 9.53 Å². The van der Waals surface area contributed by atoms with E-state index < -0.39 is 0 Å². The van der Waals surface area contributed by atoms with E-state index in [1.54, 1.807) is 0 Å². The number of amides is 1. The van der Waals surface area contributed by atoms with Crippen molar-refractivity contribution >= 4 is 5.91 Å². The van der Waals surface area contributed by atoms with E-state index in [9.17, 15) is 4.79 Å². The number of likely N-dealkylation sites (N-methyl/N-ethyl adjacent to an activating group) is 1. The number of nitrogens with one attached hydrogen (secondary N) is 1. The Kier molecular flexibility index (Phi) is 3.89. The number of hydrogen-bond donors (Lipinski definition) is 1. The van der Waals surface area contributed by atoms with E-state index in [-0.39, 0.29) is 17.6 Å². The molecule has 2 fully saturated rings. The van der Waals surface area contributed by atoms with Gasteiger partial charge in [-0.3, -0.25) is 10.1 Å². The Bertz CT molecular complexity index is 506. The molecule has 1 heterocycles. The first kappa shape index (κ1) is 14.4. The van der Waals surface area contributed by atoms with Gasteiger partial charge in [-0.2, -0.15) is 0 Å². The van der Waals surface area contributed by atoms with Crippen molar-refractivity contribution in [2.75, 3.05) is 13.2 Å². The van der Waals surface area contributed by atoms with E-state index in [2.05, 4.69) is 24.4 Å². The van der Waals surface area contributed by atoms with Gasteiger partial charge in [0.15, 0.2) is 0 Å². The summed E-state index contributed by atoms with van der Waals surface area (Å²) in [6, 6.07) is 8.09. The predicted molar refractivity (Wildman–Crippen MR) is 82.1 cm³/mol. The van der Waals surface area contributed by atoms with Crippen LogP contribution in [0.15, 0.2) is 24.3 Å². The largest absolute Gasteiger partial charge is 0.494 e. The fourth-order valence-electron chi connectivity index (χ4n) is 3.63. The summed E-state index contributed by atoms with van der Waals surface area (Å²) < 4.78 is 5.49. The summed E-state index contributed by atoms with van der Waals surface area (Å²) in [5.74, 6) is 1.16. The predicted octanol–water partition coefficient (Wildman–Crippen LogP) is 2.85. The van der Waals surface area contributed by atoms with Crippen LogP contribution in [0.3, 0.4) is 0 Å². The molecule has 1 aromatic rings. The molecule has 21 heavy (non-hydrogen) atoms. The highest BCUT2D eigenvalue weighted by atomic mass is 16.5. The number of hydrogen-bond acceptors (Lipinski definition) is 3. The molecule has 1 aromatic carbocycles. The van der Waals surface area contributed by atoms with Gasteiger partial charge in [0.2, 0.25) is 5.91 Å². The van der Waals surface area contributed by atoms with Crippen molar-refractivity contribution in [1.29, 1.82) is 0 Å². The Labute approximate surface area is 126 Å². The van der Waals surface area contributed by atoms with Crippen LogP contribution in [-0.4, -0.2) is 29.5 Å². The van der Waals surface area contributed by atoms with Crippen molar-refractivity contribution in [3.63, 3.8) is 0 Å². The zero-order chi connectivity index (χ0) is 14.9. The molecule has 2 aliphatic rings. The fraction of sp³-hybridized carbons (Fsp3) is 0.588. The number of carbonyl (C=O) groups is 1. The highest BCUT2D eigenvalue weighted by molar-refractivity contribution is 5.89. The van der Waals surface area contributed by atoms with E-state index in [1.165, 1.54) is 0 Å². The Balaban J connectivity index is 1.85. The van der Waals surface area contributed by atoms with Gasteiger partial charge in [-0.1, -0.05) is 25.0 Å². The second kappa shape index (κ2) is 5.68. The van der Waals surface area contributed by atoms with Crippen LogP contribution in [0.1, 0.15) is 51.3 Å². The molecule has 1 aliphatic carbocycles. The third-order valence-electron chi connectivity index (χ3n) is 4.70. The Hall–Kier alpha value is -1.55. The molecule has 1 saturated carbocycles. The van der Waals surface area contributed by atoms with Crippen molar-refractivity contribution in [2.24, 2.45) is 0 Å². The second-order valence-corrected chi connectivity index (χ2v) is 5.93. The van der Waals surface area contributed by atoms with Crippen LogP contribution in [0, 0.1) is 0 Å². The summed E-state index contributed by atoms with van der Waals surface area (Å²) in [4.78, 5) is 14.7. The lowest BCUT2D eigenvalue weighted by Crippen LogP contribution is -2.43. The van der Waals surface area contributed by atoms with Gasteiger partial charge in [-0.25, -0.2) is 0 Å². The third-order valence-corrected chi connectivity index (χ3v) is 4.70. The number of benzene rings is 1. The first-order valence-electron chi connectivity index (χ1n) is 8.01. The van der Waals surface area contributed by atoms with E-state index >= 15 is 0 Å². The maximum absolute atomic E-state index is 12.8. The molecular weight excluding hydrogens is 264 g/mol. The molecule has 0 aromatic heterocycles. The van der Waals surface area contributed by atoms with E-state index in [0.29, 0.717) is 6.61 Å². The van der Waals surface area contributed by atoms with Gasteiger partial charge in [-0.15, -0.1) is 0 Å². The highest BCUT2D eigenvalue weighted by Gasteiger charge is 2.52. The summed E-state index contributed by atoms with van der Waals surface area (Å²) in [6.45, 7) is 5.44. The van der Waals surface area contributed by atoms with E-state index in [4.69, 9.17) is 4.74 Å². The van der Waals surface area contributed by atoms with Gasteiger partial charge < -0.3 is 9.64 Å². The zero-order valence-electron chi connectivity index (χ0n) is 12.9. The average molecular weight is 288 g/mol. The molecule has 1 spiro atoms. The lowest BCUT2D eigenvalue weighted by molar-refractivity contribution is -0.133. The normalized spacial score (nSPS) is 24.0. The van der Waals surface area contributed by atoms with Crippen molar-refractivity contribution in [1.82, 2.24) is 10.2 Å². The van der Waals surface area contributed by atoms with Gasteiger partial charge in [0.1, 0.15) is 11.9 Å². The van der Waals surface area contributed by atoms with Crippen molar-refractivity contribution in [3.05, 3.63) is 29.8 Å². The maximum Gasteiger partial charge on any atom is 0.244 e. The lowest BCUT2D eigenvalue weighted by atomic mass is 9.98. The summed E-state index contributed by atoms with van der Waals surface area (Å²) in [5.41, 5.74) is 0.830. The van der Waals surface area contributed by atoms with Gasteiger partial charge in [0.05, 0.1) is 12.1 Å². The van der Waals surface area contributed by atoms with Crippen LogP contribution in [-0.2, 0) is 4.79 Å². The van der Waals surface area contributed by atoms with Crippen LogP contribution in [0.5, 0.6) is 5.75 Å². The average Bonchev–Trinajstić information content (AvgIpc) is 3.08. The monoisotopic (exact) mass is 288 g/mol. The summed E-state index contributed by atoms with van der Waals surface area (Å²) in [5, 5.41) is 3.62. The molecule has 1 N–H and O–H groups in total. The lowest BCUT2D eigenvalue weighted by Gasteiger charge is -2.23. The topological polar surface area (TPSA) is 41.6 Å². The first-order chi connectivity index (χ1) is 10.2. The van der Waals surface area contributed by atoms with Gasteiger partial charge in [0.25, 0.3) is 0 Å². The zero-order valence-corrected chi connectivity index (χ0v) is 12.9. The molecule has 0 bridgehead atoms. The Morgan fingerprint density at radius 2 is 1.90 bits per heavy atom. The standard InChI is InChI=1S/C17H24N2O2/c1-3-19-15(13-7-9-14(10-8-13)21-4-2)18-17(16(19)20)11-5-6-12-17/h7-10,15,18H,3-6,11-12H2,1-2H3. The minimum Gasteiger partial charge on any atom is -0.494 e. The smallest absolute Gasteiger partial charge is 0.244 e. The van der Waals surface area contributed by atoms with E-state index in [0.717, 1.165) is 43.5 Å². The van der Waals surface area contributed by atoms with Crippen LogP contribution >= 0.6 is 0 Å². The summed E-state index contributed by atoms with van der Waals surface area (Å²) >= 11 is 0. The summed E-state index contributed by atoms with van der Waals surface area (Å²) in [6.07, 6.45) is 4.22. The molecule has 4 heteroatoms. The third kappa shape index (κ3) is 2.42. The number of ether oxygens (including phenoxy) is 1. The Morgan fingerprint density at radius 3 is 2.48 bits per heavy atom. The molecule has 1 amide bonds. The van der Waals surface area contributed by atoms with Crippen molar-refractivity contribution in [2.45, 2.75) is 51.2 Å². The minimum absolute atomic E-state index is 0.00345. The van der Waals surface area contributed by atoms with Gasteiger partial charge in [-0.05, 0) is 44.4 Å². The molecule has 1 unspecified atom stereocenters. The SMILES string of the molecule is CCOc1ccc(C2NC3(CCCC3)C(=O)N2CC)cc1. The molecule has 3 rings (SSSR count). The number of rotatable bonds is 4. The molecule has 4 nitrogen and oxygen atoms in total. The number of nitrogens with zero attached hydrogens (tertiary/aromatic N) is 1. The molecule has 1 aliphatic heterocycles. The van der Waals surface area contributed by atoms with Crippen molar-refractivity contribution in [3.8, 4) is 5.75 Å². The minimum atomic E-state index is -0.306. The highest BCUT2D eigenvalue weighted by Crippen LogP contribution is 2.40. The second-order valence-electron chi connectivity index (χ2n) is 5.93. The quantitative estimate of drug-likeness (QED) is 0.926. The van der Waals surface area contributed by atoms with E-state index in [1.807, 2.05) is 24.0 Å². The summed E-state index contributed by atoms with van der Waals surface area (Å²) in [7, 11) is 0. The molecule has 1 saturated heterocycles. The van der Waals surface area contributed by atoms with Gasteiger partial charge in [0, 0.05) is 6.54 Å². The van der Waals surface area contributed by atoms with Crippen LogP contribution < -0.4 is 10.1 Å². The molecule has 0 radical (unpaired) electrons. The van der Waals surface area contributed by atoms with Crippen LogP contribution in [0.2, 0.25) is 0 Å². The maximum atomic E-state index is 12.8. The fourth-order valence-corrected chi connectivity index (χ4v) is 3.63.